The Morgan fingerprint density at radius 3 is 2.81 bits per heavy atom. The Balaban J connectivity index is 0.00000220. The van der Waals surface area contributed by atoms with Gasteiger partial charge in [-0.3, -0.25) is 0 Å². The predicted octanol–water partition coefficient (Wildman–Crippen LogP) is 2.63. The van der Waals surface area contributed by atoms with Gasteiger partial charge in [-0.1, -0.05) is 15.9 Å². The van der Waals surface area contributed by atoms with Crippen LogP contribution >= 0.6 is 28.3 Å². The fraction of sp³-hybridized carbons (Fsp3) is 0.538. The molecule has 2 rings (SSSR count). The van der Waals surface area contributed by atoms with Crippen molar-refractivity contribution >= 4 is 38.4 Å². The Bertz CT molecular complexity index is 584. The first-order valence-corrected chi connectivity index (χ1v) is 8.78. The molecule has 1 aliphatic heterocycles. The summed E-state index contributed by atoms with van der Waals surface area (Å²) in [5.74, 6) is -0.433. The fourth-order valence-electron chi connectivity index (χ4n) is 2.52. The van der Waals surface area contributed by atoms with Crippen LogP contribution in [-0.4, -0.2) is 39.4 Å². The van der Waals surface area contributed by atoms with E-state index in [4.69, 9.17) is 0 Å². The van der Waals surface area contributed by atoms with Crippen LogP contribution in [-0.2, 0) is 10.0 Å². The molecule has 1 saturated heterocycles. The maximum absolute atomic E-state index is 13.9. The fourth-order valence-corrected chi connectivity index (χ4v) is 4.46. The highest BCUT2D eigenvalue weighted by Gasteiger charge is 2.31. The average Bonchev–Trinajstić information content (AvgIpc) is 2.39. The van der Waals surface area contributed by atoms with E-state index < -0.39 is 15.8 Å². The van der Waals surface area contributed by atoms with Crippen molar-refractivity contribution in [2.75, 3.05) is 26.7 Å². The van der Waals surface area contributed by atoms with Crippen LogP contribution in [0.4, 0.5) is 4.39 Å². The van der Waals surface area contributed by atoms with Crippen LogP contribution < -0.4 is 5.32 Å². The van der Waals surface area contributed by atoms with Crippen LogP contribution in [0.1, 0.15) is 12.8 Å². The monoisotopic (exact) mass is 400 g/mol. The predicted molar refractivity (Wildman–Crippen MR) is 86.8 cm³/mol. The molecule has 21 heavy (non-hydrogen) atoms. The third-order valence-corrected chi connectivity index (χ3v) is 5.88. The molecule has 0 radical (unpaired) electrons. The Morgan fingerprint density at radius 2 is 2.19 bits per heavy atom. The number of sulfonamides is 1. The first-order chi connectivity index (χ1) is 9.45. The summed E-state index contributed by atoms with van der Waals surface area (Å²) in [7, 11) is -1.90. The highest BCUT2D eigenvalue weighted by Crippen LogP contribution is 2.26. The molecule has 120 valence electrons. The number of rotatable bonds is 4. The molecule has 0 saturated carbocycles. The first kappa shape index (κ1) is 18.8. The van der Waals surface area contributed by atoms with Crippen molar-refractivity contribution in [3.05, 3.63) is 28.5 Å². The van der Waals surface area contributed by atoms with Gasteiger partial charge in [-0.25, -0.2) is 12.8 Å². The molecule has 1 unspecified atom stereocenters. The van der Waals surface area contributed by atoms with E-state index in [-0.39, 0.29) is 23.2 Å². The molecule has 0 aliphatic carbocycles. The molecule has 1 aromatic rings. The quantitative estimate of drug-likeness (QED) is 0.844. The lowest BCUT2D eigenvalue weighted by molar-refractivity contribution is 0.263. The van der Waals surface area contributed by atoms with Crippen molar-refractivity contribution in [1.29, 1.82) is 0 Å². The lowest BCUT2D eigenvalue weighted by atomic mass is 10.00. The molecule has 0 aromatic heterocycles. The first-order valence-electron chi connectivity index (χ1n) is 6.55. The van der Waals surface area contributed by atoms with Gasteiger partial charge in [0.15, 0.2) is 0 Å². The summed E-state index contributed by atoms with van der Waals surface area (Å²) in [5.41, 5.74) is 0. The SMILES string of the molecule is CNCC1CCCN(S(=O)(=O)c2ccc(Br)cc2F)C1.Cl. The van der Waals surface area contributed by atoms with Crippen molar-refractivity contribution < 1.29 is 12.8 Å². The Morgan fingerprint density at radius 1 is 1.48 bits per heavy atom. The molecule has 4 nitrogen and oxygen atoms in total. The zero-order valence-corrected chi connectivity index (χ0v) is 14.9. The molecule has 0 amide bonds. The highest BCUT2D eigenvalue weighted by atomic mass is 79.9. The number of piperidine rings is 1. The molecule has 1 heterocycles. The van der Waals surface area contributed by atoms with Gasteiger partial charge in [0.05, 0.1) is 0 Å². The summed E-state index contributed by atoms with van der Waals surface area (Å²) in [6, 6.07) is 4.04. The van der Waals surface area contributed by atoms with Crippen molar-refractivity contribution in [3.63, 3.8) is 0 Å². The van der Waals surface area contributed by atoms with E-state index in [0.29, 0.717) is 17.6 Å². The topological polar surface area (TPSA) is 49.4 Å². The molecular weight excluding hydrogens is 383 g/mol. The molecule has 1 aromatic carbocycles. The third kappa shape index (κ3) is 4.39. The van der Waals surface area contributed by atoms with Gasteiger partial charge >= 0.3 is 0 Å². The summed E-state index contributed by atoms with van der Waals surface area (Å²) in [6.45, 7) is 1.67. The Labute approximate surface area is 139 Å². The van der Waals surface area contributed by atoms with Gasteiger partial charge in [0.2, 0.25) is 10.0 Å². The lowest BCUT2D eigenvalue weighted by Gasteiger charge is -2.31. The minimum Gasteiger partial charge on any atom is -0.319 e. The van der Waals surface area contributed by atoms with Crippen LogP contribution in [0.3, 0.4) is 0 Å². The van der Waals surface area contributed by atoms with Gasteiger partial charge < -0.3 is 5.32 Å². The normalized spacial score (nSPS) is 20.0. The largest absolute Gasteiger partial charge is 0.319 e. The van der Waals surface area contributed by atoms with Crippen LogP contribution in [0.5, 0.6) is 0 Å². The summed E-state index contributed by atoms with van der Waals surface area (Å²) < 4.78 is 40.9. The van der Waals surface area contributed by atoms with Gasteiger partial charge in [-0.15, -0.1) is 12.4 Å². The van der Waals surface area contributed by atoms with Crippen molar-refractivity contribution in [2.24, 2.45) is 5.92 Å². The van der Waals surface area contributed by atoms with E-state index in [1.807, 2.05) is 7.05 Å². The van der Waals surface area contributed by atoms with E-state index in [0.717, 1.165) is 19.4 Å². The summed E-state index contributed by atoms with van der Waals surface area (Å²) >= 11 is 3.13. The van der Waals surface area contributed by atoms with Gasteiger partial charge in [0, 0.05) is 17.6 Å². The van der Waals surface area contributed by atoms with Gasteiger partial charge in [-0.05, 0) is 50.6 Å². The molecule has 1 atom stereocenters. The van der Waals surface area contributed by atoms with Crippen molar-refractivity contribution in [3.8, 4) is 0 Å². The average molecular weight is 402 g/mol. The van der Waals surface area contributed by atoms with Crippen molar-refractivity contribution in [1.82, 2.24) is 9.62 Å². The van der Waals surface area contributed by atoms with Crippen LogP contribution in [0, 0.1) is 11.7 Å². The van der Waals surface area contributed by atoms with Crippen molar-refractivity contribution in [2.45, 2.75) is 17.7 Å². The van der Waals surface area contributed by atoms with Crippen LogP contribution in [0.2, 0.25) is 0 Å². The lowest BCUT2D eigenvalue weighted by Crippen LogP contribution is -2.42. The Kier molecular flexibility index (Phi) is 7.06. The number of hydrogen-bond acceptors (Lipinski definition) is 3. The minimum atomic E-state index is -3.75. The second kappa shape index (κ2) is 7.87. The maximum Gasteiger partial charge on any atom is 0.245 e. The molecular formula is C13H19BrClFN2O2S. The van der Waals surface area contributed by atoms with Crippen LogP contribution in [0.15, 0.2) is 27.6 Å². The third-order valence-electron chi connectivity index (χ3n) is 3.49. The van der Waals surface area contributed by atoms with E-state index in [1.165, 1.54) is 16.4 Å². The van der Waals surface area contributed by atoms with Gasteiger partial charge in [-0.2, -0.15) is 4.31 Å². The number of nitrogens with zero attached hydrogens (tertiary/aromatic N) is 1. The molecule has 0 spiro atoms. The smallest absolute Gasteiger partial charge is 0.245 e. The number of hydrogen-bond donors (Lipinski definition) is 1. The van der Waals surface area contributed by atoms with E-state index in [9.17, 15) is 12.8 Å². The van der Waals surface area contributed by atoms with E-state index in [1.54, 1.807) is 6.07 Å². The van der Waals surface area contributed by atoms with Gasteiger partial charge in [0.1, 0.15) is 10.7 Å². The maximum atomic E-state index is 13.9. The van der Waals surface area contributed by atoms with Gasteiger partial charge in [0.25, 0.3) is 0 Å². The summed E-state index contributed by atoms with van der Waals surface area (Å²) in [5, 5.41) is 3.07. The van der Waals surface area contributed by atoms with Crippen LogP contribution in [0.25, 0.3) is 0 Å². The standard InChI is InChI=1S/C13H18BrFN2O2S.ClH/c1-16-8-10-3-2-6-17(9-10)20(18,19)13-5-4-11(14)7-12(13)15;/h4-5,7,10,16H,2-3,6,8-9H2,1H3;1H. The molecule has 1 fully saturated rings. The summed E-state index contributed by atoms with van der Waals surface area (Å²) in [4.78, 5) is -0.245. The Hall–Kier alpha value is -0.210. The molecule has 1 aliphatic rings. The molecule has 0 bridgehead atoms. The highest BCUT2D eigenvalue weighted by molar-refractivity contribution is 9.10. The molecule has 1 N–H and O–H groups in total. The van der Waals surface area contributed by atoms with E-state index >= 15 is 0 Å². The number of halogens is 3. The summed E-state index contributed by atoms with van der Waals surface area (Å²) in [6.07, 6.45) is 1.80. The van der Waals surface area contributed by atoms with E-state index in [2.05, 4.69) is 21.2 Å². The second-order valence-electron chi connectivity index (χ2n) is 5.00. The zero-order valence-electron chi connectivity index (χ0n) is 11.7. The number of benzene rings is 1. The zero-order chi connectivity index (χ0) is 14.8. The second-order valence-corrected chi connectivity index (χ2v) is 7.83. The number of nitrogens with one attached hydrogen (secondary N) is 1. The molecule has 8 heteroatoms. The minimum absolute atomic E-state index is 0.